The Balaban J connectivity index is 2.05. The molecule has 1 unspecified atom stereocenters. The third kappa shape index (κ3) is 3.43. The fourth-order valence-corrected chi connectivity index (χ4v) is 1.78. The van der Waals surface area contributed by atoms with Crippen molar-refractivity contribution in [2.24, 2.45) is 0 Å². The highest BCUT2D eigenvalue weighted by Crippen LogP contribution is 2.22. The number of ether oxygens (including phenoxy) is 1. The molecule has 2 rings (SSSR count). The van der Waals surface area contributed by atoms with Crippen LogP contribution in [0, 0.1) is 11.6 Å². The van der Waals surface area contributed by atoms with Gasteiger partial charge in [-0.1, -0.05) is 29.8 Å². The molecule has 19 heavy (non-hydrogen) atoms. The molecule has 0 aromatic heterocycles. The molecule has 0 saturated heterocycles. The fraction of sp³-hybridized carbons (Fsp3) is 0.143. The predicted molar refractivity (Wildman–Crippen MR) is 68.3 cm³/mol. The molecule has 1 N–H and O–H groups in total. The Kier molecular flexibility index (Phi) is 4.35. The quantitative estimate of drug-likeness (QED) is 0.927. The molecule has 0 aliphatic rings. The van der Waals surface area contributed by atoms with Crippen LogP contribution < -0.4 is 4.74 Å². The van der Waals surface area contributed by atoms with Gasteiger partial charge in [0.25, 0.3) is 0 Å². The van der Waals surface area contributed by atoms with Crippen LogP contribution in [-0.2, 0) is 0 Å². The van der Waals surface area contributed by atoms with Gasteiger partial charge in [0.2, 0.25) is 0 Å². The van der Waals surface area contributed by atoms with Crippen LogP contribution in [0.1, 0.15) is 11.7 Å². The van der Waals surface area contributed by atoms with Gasteiger partial charge in [-0.3, -0.25) is 0 Å². The average molecular weight is 285 g/mol. The van der Waals surface area contributed by atoms with Crippen molar-refractivity contribution in [2.75, 3.05) is 6.61 Å². The molecule has 2 aromatic carbocycles. The molecule has 0 heterocycles. The molecule has 5 heteroatoms. The summed E-state index contributed by atoms with van der Waals surface area (Å²) in [6.45, 7) is -0.194. The lowest BCUT2D eigenvalue weighted by Gasteiger charge is -2.13. The van der Waals surface area contributed by atoms with E-state index in [2.05, 4.69) is 0 Å². The van der Waals surface area contributed by atoms with Crippen LogP contribution >= 0.6 is 11.6 Å². The van der Waals surface area contributed by atoms with Crippen LogP contribution in [0.5, 0.6) is 5.75 Å². The largest absolute Gasteiger partial charge is 0.490 e. The summed E-state index contributed by atoms with van der Waals surface area (Å²) >= 11 is 5.77. The highest BCUT2D eigenvalue weighted by Gasteiger charge is 2.16. The molecule has 0 aliphatic heterocycles. The molecule has 0 amide bonds. The summed E-state index contributed by atoms with van der Waals surface area (Å²) in [6, 6.07) is 10.2. The average Bonchev–Trinajstić information content (AvgIpc) is 2.39. The molecule has 0 saturated carbocycles. The maximum Gasteiger partial charge on any atom is 0.164 e. The molecule has 0 fully saturated rings. The number of rotatable bonds is 4. The zero-order chi connectivity index (χ0) is 13.8. The van der Waals surface area contributed by atoms with E-state index in [1.807, 2.05) is 0 Å². The highest BCUT2D eigenvalue weighted by molar-refractivity contribution is 6.30. The van der Waals surface area contributed by atoms with Gasteiger partial charge >= 0.3 is 0 Å². The Morgan fingerprint density at radius 1 is 1.16 bits per heavy atom. The van der Waals surface area contributed by atoms with E-state index in [1.54, 1.807) is 24.3 Å². The summed E-state index contributed by atoms with van der Waals surface area (Å²) in [5.41, 5.74) is -0.137. The summed E-state index contributed by atoms with van der Waals surface area (Å²) in [6.07, 6.45) is -1.25. The van der Waals surface area contributed by atoms with Gasteiger partial charge in [0, 0.05) is 10.6 Å². The lowest BCUT2D eigenvalue weighted by atomic mass is 10.1. The van der Waals surface area contributed by atoms with Crippen LogP contribution in [-0.4, -0.2) is 11.7 Å². The van der Waals surface area contributed by atoms with Gasteiger partial charge < -0.3 is 9.84 Å². The zero-order valence-corrected chi connectivity index (χ0v) is 10.6. The maximum atomic E-state index is 13.4. The van der Waals surface area contributed by atoms with Crippen molar-refractivity contribution in [1.29, 1.82) is 0 Å². The van der Waals surface area contributed by atoms with Crippen LogP contribution in [0.4, 0.5) is 8.78 Å². The van der Waals surface area contributed by atoms with Gasteiger partial charge in [0.15, 0.2) is 11.6 Å². The molecular weight excluding hydrogens is 274 g/mol. The summed E-state index contributed by atoms with van der Waals surface area (Å²) in [5.74, 6) is -1.62. The van der Waals surface area contributed by atoms with Crippen molar-refractivity contribution in [2.45, 2.75) is 6.10 Å². The third-order valence-electron chi connectivity index (χ3n) is 2.54. The SMILES string of the molecule is OC(COc1cccc(Cl)c1)c1cccc(F)c1F. The third-order valence-corrected chi connectivity index (χ3v) is 2.78. The van der Waals surface area contributed by atoms with Gasteiger partial charge in [0.1, 0.15) is 18.5 Å². The minimum Gasteiger partial charge on any atom is -0.490 e. The van der Waals surface area contributed by atoms with Crippen LogP contribution in [0.15, 0.2) is 42.5 Å². The monoisotopic (exact) mass is 284 g/mol. The smallest absolute Gasteiger partial charge is 0.164 e. The first-order valence-electron chi connectivity index (χ1n) is 5.58. The fourth-order valence-electron chi connectivity index (χ4n) is 1.60. The molecule has 1 atom stereocenters. The van der Waals surface area contributed by atoms with Crippen molar-refractivity contribution in [3.63, 3.8) is 0 Å². The Morgan fingerprint density at radius 3 is 2.63 bits per heavy atom. The van der Waals surface area contributed by atoms with E-state index in [1.165, 1.54) is 12.1 Å². The summed E-state index contributed by atoms with van der Waals surface area (Å²) in [7, 11) is 0. The van der Waals surface area contributed by atoms with Gasteiger partial charge in [0.05, 0.1) is 0 Å². The van der Waals surface area contributed by atoms with E-state index >= 15 is 0 Å². The second-order valence-electron chi connectivity index (χ2n) is 3.93. The first kappa shape index (κ1) is 13.8. The van der Waals surface area contributed by atoms with Gasteiger partial charge in [-0.2, -0.15) is 0 Å². The van der Waals surface area contributed by atoms with Crippen LogP contribution in [0.25, 0.3) is 0 Å². The number of hydrogen-bond acceptors (Lipinski definition) is 2. The molecule has 0 spiro atoms. The molecule has 2 nitrogen and oxygen atoms in total. The molecular formula is C14H11ClF2O2. The number of hydrogen-bond donors (Lipinski definition) is 1. The molecule has 0 aliphatic carbocycles. The van der Waals surface area contributed by atoms with Crippen LogP contribution in [0.3, 0.4) is 0 Å². The van der Waals surface area contributed by atoms with Gasteiger partial charge in [-0.05, 0) is 24.3 Å². The van der Waals surface area contributed by atoms with Gasteiger partial charge in [-0.25, -0.2) is 8.78 Å². The Morgan fingerprint density at radius 2 is 1.89 bits per heavy atom. The van der Waals surface area contributed by atoms with Crippen molar-refractivity contribution >= 4 is 11.6 Å². The van der Waals surface area contributed by atoms with E-state index in [0.717, 1.165) is 6.07 Å². The van der Waals surface area contributed by atoms with E-state index in [0.29, 0.717) is 10.8 Å². The van der Waals surface area contributed by atoms with Crippen molar-refractivity contribution in [1.82, 2.24) is 0 Å². The summed E-state index contributed by atoms with van der Waals surface area (Å²) in [4.78, 5) is 0. The number of halogens is 3. The zero-order valence-electron chi connectivity index (χ0n) is 9.82. The number of aliphatic hydroxyl groups is 1. The van der Waals surface area contributed by atoms with Crippen molar-refractivity contribution in [3.8, 4) is 5.75 Å². The molecule has 2 aromatic rings. The van der Waals surface area contributed by atoms with Crippen molar-refractivity contribution < 1.29 is 18.6 Å². The lowest BCUT2D eigenvalue weighted by Crippen LogP contribution is -2.12. The topological polar surface area (TPSA) is 29.5 Å². The predicted octanol–water partition coefficient (Wildman–Crippen LogP) is 3.73. The number of aliphatic hydroxyl groups excluding tert-OH is 1. The Hall–Kier alpha value is -1.65. The highest BCUT2D eigenvalue weighted by atomic mass is 35.5. The summed E-state index contributed by atoms with van der Waals surface area (Å²) < 4.78 is 31.7. The number of benzene rings is 2. The second kappa shape index (κ2) is 5.99. The Bertz CT molecular complexity index is 575. The summed E-state index contributed by atoms with van der Waals surface area (Å²) in [5, 5.41) is 10.3. The van der Waals surface area contributed by atoms with Crippen LogP contribution in [0.2, 0.25) is 5.02 Å². The first-order valence-corrected chi connectivity index (χ1v) is 5.96. The lowest BCUT2D eigenvalue weighted by molar-refractivity contribution is 0.104. The maximum absolute atomic E-state index is 13.4. The minimum absolute atomic E-state index is 0.137. The van der Waals surface area contributed by atoms with Gasteiger partial charge in [-0.15, -0.1) is 0 Å². The van der Waals surface area contributed by atoms with E-state index in [9.17, 15) is 13.9 Å². The Labute approximate surface area is 114 Å². The van der Waals surface area contributed by atoms with E-state index in [-0.39, 0.29) is 12.2 Å². The minimum atomic E-state index is -1.25. The second-order valence-corrected chi connectivity index (χ2v) is 4.36. The molecule has 0 bridgehead atoms. The standard InChI is InChI=1S/C14H11ClF2O2/c15-9-3-1-4-10(7-9)19-8-13(18)11-5-2-6-12(16)14(11)17/h1-7,13,18H,8H2. The molecule has 100 valence electrons. The van der Waals surface area contributed by atoms with E-state index < -0.39 is 17.7 Å². The first-order chi connectivity index (χ1) is 9.08. The van der Waals surface area contributed by atoms with Crippen molar-refractivity contribution in [3.05, 3.63) is 64.7 Å². The normalized spacial score (nSPS) is 12.2. The van der Waals surface area contributed by atoms with E-state index in [4.69, 9.17) is 16.3 Å². The molecule has 0 radical (unpaired) electrons.